The molecule has 0 fully saturated rings. The lowest BCUT2D eigenvalue weighted by Gasteiger charge is -2.03. The summed E-state index contributed by atoms with van der Waals surface area (Å²) >= 11 is 6.98. The number of hydrogen-bond donors (Lipinski definition) is 2. The number of carbonyl (C=O) groups excluding carboxylic acids is 1. The Morgan fingerprint density at radius 2 is 2.17 bits per heavy atom. The van der Waals surface area contributed by atoms with E-state index in [1.165, 1.54) is 11.3 Å². The summed E-state index contributed by atoms with van der Waals surface area (Å²) in [6.45, 7) is 0.288. The van der Waals surface area contributed by atoms with Gasteiger partial charge in [-0.25, -0.2) is 10.8 Å². The van der Waals surface area contributed by atoms with E-state index in [-0.39, 0.29) is 6.61 Å². The second-order valence-electron chi connectivity index (χ2n) is 3.36. The Kier molecular flexibility index (Phi) is 4.14. The Labute approximate surface area is 113 Å². The first-order chi connectivity index (χ1) is 8.69. The number of nitrogens with zero attached hydrogens (tertiary/aromatic N) is 1. The van der Waals surface area contributed by atoms with Gasteiger partial charge in [0.15, 0.2) is 5.01 Å². The van der Waals surface area contributed by atoms with Crippen molar-refractivity contribution >= 4 is 28.8 Å². The lowest BCUT2D eigenvalue weighted by atomic mass is 10.3. The molecule has 0 radical (unpaired) electrons. The van der Waals surface area contributed by atoms with E-state index in [1.807, 2.05) is 5.43 Å². The SMILES string of the molecule is NNC(=O)c1nc(COc2ccc(Cl)cc2)cs1. The van der Waals surface area contributed by atoms with Crippen molar-refractivity contribution in [1.82, 2.24) is 10.4 Å². The van der Waals surface area contributed by atoms with Gasteiger partial charge >= 0.3 is 0 Å². The molecule has 1 heterocycles. The minimum absolute atomic E-state index is 0.288. The van der Waals surface area contributed by atoms with E-state index < -0.39 is 5.91 Å². The molecule has 1 amide bonds. The molecule has 0 bridgehead atoms. The zero-order valence-corrected chi connectivity index (χ0v) is 10.8. The normalized spacial score (nSPS) is 10.1. The maximum Gasteiger partial charge on any atom is 0.294 e. The second-order valence-corrected chi connectivity index (χ2v) is 4.65. The van der Waals surface area contributed by atoms with Gasteiger partial charge in [-0.1, -0.05) is 11.6 Å². The summed E-state index contributed by atoms with van der Waals surface area (Å²) in [5.74, 6) is 5.30. The van der Waals surface area contributed by atoms with Crippen molar-refractivity contribution in [3.8, 4) is 5.75 Å². The first-order valence-electron chi connectivity index (χ1n) is 5.03. The number of carbonyl (C=O) groups is 1. The second kappa shape index (κ2) is 5.81. The summed E-state index contributed by atoms with van der Waals surface area (Å²) < 4.78 is 5.50. The molecule has 0 aliphatic rings. The molecular weight excluding hydrogens is 274 g/mol. The van der Waals surface area contributed by atoms with Crippen LogP contribution in [0, 0.1) is 0 Å². The zero-order valence-electron chi connectivity index (χ0n) is 9.22. The van der Waals surface area contributed by atoms with Gasteiger partial charge in [0, 0.05) is 10.4 Å². The molecule has 3 N–H and O–H groups in total. The standard InChI is InChI=1S/C11H10ClN3O2S/c12-7-1-3-9(4-2-7)17-5-8-6-18-11(14-8)10(16)15-13/h1-4,6H,5,13H2,(H,15,16). The molecule has 0 unspecified atom stereocenters. The summed E-state index contributed by atoms with van der Waals surface area (Å²) in [6, 6.07) is 7.01. The fourth-order valence-corrected chi connectivity index (χ4v) is 2.06. The minimum Gasteiger partial charge on any atom is -0.487 e. The van der Waals surface area contributed by atoms with E-state index in [0.717, 1.165) is 0 Å². The van der Waals surface area contributed by atoms with Crippen LogP contribution in [0.3, 0.4) is 0 Å². The van der Waals surface area contributed by atoms with Crippen molar-refractivity contribution in [1.29, 1.82) is 0 Å². The van der Waals surface area contributed by atoms with Crippen LogP contribution in [0.2, 0.25) is 5.02 Å². The van der Waals surface area contributed by atoms with Crippen LogP contribution in [0.5, 0.6) is 5.75 Å². The maximum atomic E-state index is 11.2. The quantitative estimate of drug-likeness (QED) is 0.511. The van der Waals surface area contributed by atoms with Gasteiger partial charge in [-0.2, -0.15) is 0 Å². The average molecular weight is 284 g/mol. The van der Waals surface area contributed by atoms with E-state index >= 15 is 0 Å². The fourth-order valence-electron chi connectivity index (χ4n) is 1.23. The van der Waals surface area contributed by atoms with Crippen LogP contribution in [-0.4, -0.2) is 10.9 Å². The lowest BCUT2D eigenvalue weighted by molar-refractivity contribution is 0.0953. The number of nitrogen functional groups attached to an aromatic ring is 1. The van der Waals surface area contributed by atoms with Gasteiger partial charge < -0.3 is 4.74 Å². The number of halogens is 1. The Hall–Kier alpha value is -1.63. The number of rotatable bonds is 4. The van der Waals surface area contributed by atoms with Gasteiger partial charge in [-0.15, -0.1) is 11.3 Å². The Morgan fingerprint density at radius 3 is 2.83 bits per heavy atom. The van der Waals surface area contributed by atoms with Gasteiger partial charge in [-0.3, -0.25) is 10.2 Å². The average Bonchev–Trinajstić information content (AvgIpc) is 2.86. The van der Waals surface area contributed by atoms with Crippen molar-refractivity contribution in [2.75, 3.05) is 0 Å². The van der Waals surface area contributed by atoms with Crippen LogP contribution in [0.25, 0.3) is 0 Å². The molecule has 0 aliphatic heterocycles. The van der Waals surface area contributed by atoms with Crippen molar-refractivity contribution in [2.24, 2.45) is 5.84 Å². The Balaban J connectivity index is 1.96. The van der Waals surface area contributed by atoms with E-state index in [4.69, 9.17) is 22.2 Å². The Morgan fingerprint density at radius 1 is 1.44 bits per heavy atom. The number of thiazole rings is 1. The first kappa shape index (κ1) is 12.8. The van der Waals surface area contributed by atoms with E-state index in [1.54, 1.807) is 29.6 Å². The number of hydrogen-bond acceptors (Lipinski definition) is 5. The summed E-state index contributed by atoms with van der Waals surface area (Å²) in [6.07, 6.45) is 0. The van der Waals surface area contributed by atoms with E-state index in [0.29, 0.717) is 21.5 Å². The molecule has 2 rings (SSSR count). The molecule has 94 valence electrons. The van der Waals surface area contributed by atoms with Crippen LogP contribution in [-0.2, 0) is 6.61 Å². The molecule has 0 saturated heterocycles. The maximum absolute atomic E-state index is 11.2. The van der Waals surface area contributed by atoms with Crippen LogP contribution >= 0.6 is 22.9 Å². The third-order valence-electron chi connectivity index (χ3n) is 2.08. The third-order valence-corrected chi connectivity index (χ3v) is 3.22. The smallest absolute Gasteiger partial charge is 0.294 e. The number of amides is 1. The van der Waals surface area contributed by atoms with Crippen molar-refractivity contribution in [2.45, 2.75) is 6.61 Å². The van der Waals surface area contributed by atoms with E-state index in [9.17, 15) is 4.79 Å². The molecule has 0 atom stereocenters. The van der Waals surface area contributed by atoms with Crippen molar-refractivity contribution in [3.63, 3.8) is 0 Å². The number of nitrogens with two attached hydrogens (primary N) is 1. The highest BCUT2D eigenvalue weighted by Gasteiger charge is 2.09. The summed E-state index contributed by atoms with van der Waals surface area (Å²) in [5.41, 5.74) is 2.70. The minimum atomic E-state index is -0.405. The summed E-state index contributed by atoms with van der Waals surface area (Å²) in [4.78, 5) is 15.3. The van der Waals surface area contributed by atoms with Crippen molar-refractivity contribution in [3.05, 3.63) is 45.4 Å². The predicted molar refractivity (Wildman–Crippen MR) is 69.6 cm³/mol. The molecule has 0 aliphatic carbocycles. The molecule has 7 heteroatoms. The van der Waals surface area contributed by atoms with Crippen LogP contribution in [0.15, 0.2) is 29.6 Å². The number of benzene rings is 1. The van der Waals surface area contributed by atoms with Gasteiger partial charge in [0.1, 0.15) is 12.4 Å². The first-order valence-corrected chi connectivity index (χ1v) is 6.28. The highest BCUT2D eigenvalue weighted by Crippen LogP contribution is 2.17. The molecule has 1 aromatic carbocycles. The van der Waals surface area contributed by atoms with E-state index in [2.05, 4.69) is 4.98 Å². The fraction of sp³-hybridized carbons (Fsp3) is 0.0909. The van der Waals surface area contributed by atoms with Gasteiger partial charge in [0.2, 0.25) is 0 Å². The van der Waals surface area contributed by atoms with Gasteiger partial charge in [-0.05, 0) is 24.3 Å². The molecule has 0 saturated carbocycles. The monoisotopic (exact) mass is 283 g/mol. The van der Waals surface area contributed by atoms with Gasteiger partial charge in [0.25, 0.3) is 5.91 Å². The topological polar surface area (TPSA) is 77.2 Å². The van der Waals surface area contributed by atoms with Crippen LogP contribution in [0.4, 0.5) is 0 Å². The number of aromatic nitrogens is 1. The van der Waals surface area contributed by atoms with Crippen molar-refractivity contribution < 1.29 is 9.53 Å². The number of nitrogens with one attached hydrogen (secondary N) is 1. The summed E-state index contributed by atoms with van der Waals surface area (Å²) in [7, 11) is 0. The number of hydrazine groups is 1. The van der Waals surface area contributed by atoms with Crippen LogP contribution < -0.4 is 16.0 Å². The zero-order chi connectivity index (χ0) is 13.0. The molecule has 18 heavy (non-hydrogen) atoms. The molecule has 5 nitrogen and oxygen atoms in total. The molecule has 0 spiro atoms. The molecular formula is C11H10ClN3O2S. The predicted octanol–water partition coefficient (Wildman–Crippen LogP) is 1.98. The van der Waals surface area contributed by atoms with Crippen LogP contribution in [0.1, 0.15) is 15.5 Å². The highest BCUT2D eigenvalue weighted by molar-refractivity contribution is 7.11. The Bertz CT molecular complexity index is 541. The lowest BCUT2D eigenvalue weighted by Crippen LogP contribution is -2.29. The third kappa shape index (κ3) is 3.19. The molecule has 2 aromatic rings. The highest BCUT2D eigenvalue weighted by atomic mass is 35.5. The largest absolute Gasteiger partial charge is 0.487 e. The molecule has 1 aromatic heterocycles. The van der Waals surface area contributed by atoms with Gasteiger partial charge in [0.05, 0.1) is 5.69 Å². The summed E-state index contributed by atoms with van der Waals surface area (Å²) in [5, 5.41) is 2.71. The number of ether oxygens (including phenoxy) is 1.